The van der Waals surface area contributed by atoms with Crippen LogP contribution in [-0.4, -0.2) is 72.1 Å². The van der Waals surface area contributed by atoms with E-state index < -0.39 is 5.97 Å². The zero-order chi connectivity index (χ0) is 18.7. The molecule has 2 heterocycles. The summed E-state index contributed by atoms with van der Waals surface area (Å²) >= 11 is 0. The topological polar surface area (TPSA) is 64.1 Å². The quantitative estimate of drug-likeness (QED) is 0.828. The second-order valence-corrected chi connectivity index (χ2v) is 7.47. The third kappa shape index (κ3) is 5.00. The second kappa shape index (κ2) is 9.53. The minimum atomic E-state index is -0.787. The summed E-state index contributed by atoms with van der Waals surface area (Å²) in [5.74, 6) is -0.614. The largest absolute Gasteiger partial charge is 0.480 e. The minimum absolute atomic E-state index is 0. The number of likely N-dealkylation sites (tertiary alicyclic amines) is 1. The van der Waals surface area contributed by atoms with E-state index in [0.717, 1.165) is 51.0 Å². The Hall–Kier alpha value is -1.63. The fourth-order valence-electron chi connectivity index (χ4n) is 4.22. The number of halogens is 1. The Morgan fingerprint density at radius 3 is 2.70 bits per heavy atom. The smallest absolute Gasteiger partial charge is 0.317 e. The van der Waals surface area contributed by atoms with Crippen molar-refractivity contribution >= 4 is 30.0 Å². The Labute approximate surface area is 167 Å². The number of hydrogen-bond donors (Lipinski definition) is 1. The molecule has 1 aromatic rings. The van der Waals surface area contributed by atoms with Crippen LogP contribution in [0.15, 0.2) is 24.3 Å². The van der Waals surface area contributed by atoms with Gasteiger partial charge in [-0.1, -0.05) is 18.2 Å². The number of nitrogens with zero attached hydrogens (tertiary/aromatic N) is 3. The van der Waals surface area contributed by atoms with Crippen LogP contribution in [0.25, 0.3) is 0 Å². The normalized spacial score (nSPS) is 21.3. The molecular formula is C20H30ClN3O3. The molecule has 2 aliphatic heterocycles. The number of para-hydroxylation sites is 1. The molecule has 150 valence electrons. The number of likely N-dealkylation sites (N-methyl/N-ethyl adjacent to an activating group) is 1. The lowest BCUT2D eigenvalue weighted by atomic mass is 10.1. The third-order valence-corrected chi connectivity index (χ3v) is 5.80. The maximum Gasteiger partial charge on any atom is 0.317 e. The van der Waals surface area contributed by atoms with Crippen LogP contribution in [0, 0.1) is 0 Å². The van der Waals surface area contributed by atoms with Gasteiger partial charge in [-0.3, -0.25) is 19.4 Å². The van der Waals surface area contributed by atoms with Crippen molar-refractivity contribution in [2.45, 2.75) is 44.7 Å². The van der Waals surface area contributed by atoms with Crippen molar-refractivity contribution in [2.75, 3.05) is 38.1 Å². The summed E-state index contributed by atoms with van der Waals surface area (Å²) < 4.78 is 0. The number of fused-ring (bicyclic) bond motifs is 1. The first-order valence-corrected chi connectivity index (χ1v) is 9.52. The monoisotopic (exact) mass is 395 g/mol. The molecule has 0 spiro atoms. The van der Waals surface area contributed by atoms with Gasteiger partial charge in [-0.25, -0.2) is 0 Å². The van der Waals surface area contributed by atoms with Gasteiger partial charge in [0.25, 0.3) is 0 Å². The number of carbonyl (C=O) groups excluding carboxylic acids is 1. The lowest BCUT2D eigenvalue weighted by Gasteiger charge is -2.31. The van der Waals surface area contributed by atoms with Crippen molar-refractivity contribution in [2.24, 2.45) is 0 Å². The SMILES string of the molecule is CC(C(=O)N1CCc2ccccc21)N1CCCC(N(C)CC(=O)O)CC1.Cl. The van der Waals surface area contributed by atoms with Crippen LogP contribution in [0.1, 0.15) is 31.7 Å². The number of carbonyl (C=O) groups is 2. The van der Waals surface area contributed by atoms with Crippen molar-refractivity contribution in [3.63, 3.8) is 0 Å². The summed E-state index contributed by atoms with van der Waals surface area (Å²) in [7, 11) is 1.88. The Morgan fingerprint density at radius 2 is 1.96 bits per heavy atom. The predicted octanol–water partition coefficient (Wildman–Crippen LogP) is 2.26. The number of carboxylic acids is 1. The van der Waals surface area contributed by atoms with Crippen molar-refractivity contribution in [1.29, 1.82) is 0 Å². The number of aliphatic carboxylic acids is 1. The first-order valence-electron chi connectivity index (χ1n) is 9.52. The average Bonchev–Trinajstić information content (AvgIpc) is 2.88. The van der Waals surface area contributed by atoms with Gasteiger partial charge in [-0.2, -0.15) is 0 Å². The van der Waals surface area contributed by atoms with Crippen LogP contribution in [0.5, 0.6) is 0 Å². The van der Waals surface area contributed by atoms with Crippen LogP contribution in [-0.2, 0) is 16.0 Å². The Kier molecular flexibility index (Phi) is 7.65. The van der Waals surface area contributed by atoms with Crippen molar-refractivity contribution in [1.82, 2.24) is 9.80 Å². The van der Waals surface area contributed by atoms with Gasteiger partial charge in [0.05, 0.1) is 12.6 Å². The highest BCUT2D eigenvalue weighted by molar-refractivity contribution is 5.98. The number of hydrogen-bond acceptors (Lipinski definition) is 4. The van der Waals surface area contributed by atoms with Crippen LogP contribution in [0.2, 0.25) is 0 Å². The summed E-state index contributed by atoms with van der Waals surface area (Å²) in [5, 5.41) is 9.00. The molecule has 1 saturated heterocycles. The fourth-order valence-corrected chi connectivity index (χ4v) is 4.22. The van der Waals surface area contributed by atoms with E-state index in [0.29, 0.717) is 0 Å². The van der Waals surface area contributed by atoms with Gasteiger partial charge in [0.15, 0.2) is 0 Å². The van der Waals surface area contributed by atoms with Crippen LogP contribution in [0.3, 0.4) is 0 Å². The molecule has 2 atom stereocenters. The molecule has 6 nitrogen and oxygen atoms in total. The predicted molar refractivity (Wildman–Crippen MR) is 109 cm³/mol. The van der Waals surface area contributed by atoms with E-state index in [1.165, 1.54) is 5.56 Å². The lowest BCUT2D eigenvalue weighted by molar-refractivity contribution is -0.138. The molecule has 0 saturated carbocycles. The van der Waals surface area contributed by atoms with E-state index in [-0.39, 0.29) is 36.9 Å². The number of benzene rings is 1. The molecule has 7 heteroatoms. The van der Waals surface area contributed by atoms with E-state index in [2.05, 4.69) is 11.0 Å². The highest BCUT2D eigenvalue weighted by Gasteiger charge is 2.32. The van der Waals surface area contributed by atoms with Crippen molar-refractivity contribution in [3.8, 4) is 0 Å². The maximum atomic E-state index is 13.1. The zero-order valence-corrected chi connectivity index (χ0v) is 17.0. The molecule has 3 rings (SSSR count). The summed E-state index contributed by atoms with van der Waals surface area (Å²) in [6.07, 6.45) is 3.80. The number of amides is 1. The van der Waals surface area contributed by atoms with Crippen molar-refractivity contribution in [3.05, 3.63) is 29.8 Å². The summed E-state index contributed by atoms with van der Waals surface area (Å²) in [5.41, 5.74) is 2.30. The number of anilines is 1. The molecule has 2 aliphatic rings. The van der Waals surface area contributed by atoms with Crippen LogP contribution in [0.4, 0.5) is 5.69 Å². The first-order chi connectivity index (χ1) is 12.5. The molecule has 1 amide bonds. The fraction of sp³-hybridized carbons (Fsp3) is 0.600. The van der Waals surface area contributed by atoms with Gasteiger partial charge < -0.3 is 10.0 Å². The van der Waals surface area contributed by atoms with Crippen molar-refractivity contribution < 1.29 is 14.7 Å². The van der Waals surface area contributed by atoms with Gasteiger partial charge in [-0.15, -0.1) is 12.4 Å². The van der Waals surface area contributed by atoms with E-state index in [1.807, 2.05) is 42.0 Å². The van der Waals surface area contributed by atoms with Gasteiger partial charge in [0, 0.05) is 24.8 Å². The van der Waals surface area contributed by atoms with E-state index in [9.17, 15) is 9.59 Å². The lowest BCUT2D eigenvalue weighted by Crippen LogP contribution is -2.47. The Balaban J connectivity index is 0.00000261. The molecule has 0 bridgehead atoms. The van der Waals surface area contributed by atoms with Crippen LogP contribution < -0.4 is 4.90 Å². The van der Waals surface area contributed by atoms with Crippen LogP contribution >= 0.6 is 12.4 Å². The zero-order valence-electron chi connectivity index (χ0n) is 16.1. The molecule has 2 unspecified atom stereocenters. The van der Waals surface area contributed by atoms with E-state index in [1.54, 1.807) is 0 Å². The van der Waals surface area contributed by atoms with Gasteiger partial charge in [0.2, 0.25) is 5.91 Å². The molecule has 1 aromatic carbocycles. The van der Waals surface area contributed by atoms with Gasteiger partial charge >= 0.3 is 5.97 Å². The molecule has 0 radical (unpaired) electrons. The van der Waals surface area contributed by atoms with E-state index in [4.69, 9.17) is 5.11 Å². The third-order valence-electron chi connectivity index (χ3n) is 5.80. The minimum Gasteiger partial charge on any atom is -0.480 e. The highest BCUT2D eigenvalue weighted by Crippen LogP contribution is 2.29. The van der Waals surface area contributed by atoms with Gasteiger partial charge in [0.1, 0.15) is 0 Å². The average molecular weight is 396 g/mol. The van der Waals surface area contributed by atoms with Gasteiger partial charge in [-0.05, 0) is 57.8 Å². The number of rotatable bonds is 5. The maximum absolute atomic E-state index is 13.1. The summed E-state index contributed by atoms with van der Waals surface area (Å²) in [6.45, 7) is 4.56. The highest BCUT2D eigenvalue weighted by atomic mass is 35.5. The van der Waals surface area contributed by atoms with E-state index >= 15 is 0 Å². The first kappa shape index (κ1) is 21.7. The molecule has 0 aliphatic carbocycles. The summed E-state index contributed by atoms with van der Waals surface area (Å²) in [6, 6.07) is 8.27. The molecule has 1 N–H and O–H groups in total. The Morgan fingerprint density at radius 1 is 1.22 bits per heavy atom. The Bertz CT molecular complexity index is 670. The molecular weight excluding hydrogens is 366 g/mol. The molecule has 0 aromatic heterocycles. The number of carboxylic acid groups (broad SMARTS) is 1. The molecule has 27 heavy (non-hydrogen) atoms. The standard InChI is InChI=1S/C20H29N3O3.ClH/c1-15(20(26)23-13-9-16-6-3-4-8-18(16)23)22-11-5-7-17(10-12-22)21(2)14-19(24)25;/h3-4,6,8,15,17H,5,7,9-14H2,1-2H3,(H,24,25);1H. The second-order valence-electron chi connectivity index (χ2n) is 7.47. The molecule has 1 fully saturated rings. The summed E-state index contributed by atoms with van der Waals surface area (Å²) in [4.78, 5) is 30.1.